The first-order chi connectivity index (χ1) is 10.1. The lowest BCUT2D eigenvalue weighted by molar-refractivity contribution is -0.118. The molecule has 4 heteroatoms. The summed E-state index contributed by atoms with van der Waals surface area (Å²) in [6, 6.07) is 8.39. The van der Waals surface area contributed by atoms with Gasteiger partial charge in [0.2, 0.25) is 5.91 Å². The van der Waals surface area contributed by atoms with Crippen molar-refractivity contribution >= 4 is 34.5 Å². The van der Waals surface area contributed by atoms with Crippen LogP contribution in [-0.4, -0.2) is 13.0 Å². The largest absolute Gasteiger partial charge is 0.315 e. The molecule has 0 bridgehead atoms. The fourth-order valence-electron chi connectivity index (χ4n) is 2.85. The third-order valence-electron chi connectivity index (χ3n) is 4.13. The highest BCUT2D eigenvalue weighted by Crippen LogP contribution is 2.38. The number of carbonyl (C=O) groups excluding carboxylic acids is 1. The van der Waals surface area contributed by atoms with Gasteiger partial charge in [0.15, 0.2) is 0 Å². The van der Waals surface area contributed by atoms with Gasteiger partial charge in [0, 0.05) is 24.0 Å². The molecule has 0 spiro atoms. The molecule has 3 rings (SSSR count). The third kappa shape index (κ3) is 2.60. The van der Waals surface area contributed by atoms with Gasteiger partial charge in [-0.1, -0.05) is 19.1 Å². The highest BCUT2D eigenvalue weighted by molar-refractivity contribution is 7.10. The number of thiophene rings is 1. The lowest BCUT2D eigenvalue weighted by atomic mass is 9.97. The maximum absolute atomic E-state index is 11.7. The first kappa shape index (κ1) is 14.6. The Balaban J connectivity index is 1.96. The summed E-state index contributed by atoms with van der Waals surface area (Å²) < 4.78 is 0. The van der Waals surface area contributed by atoms with Crippen LogP contribution in [0.15, 0.2) is 29.6 Å². The Morgan fingerprint density at radius 2 is 2.14 bits per heavy atom. The molecule has 2 heterocycles. The van der Waals surface area contributed by atoms with Crippen LogP contribution in [0.3, 0.4) is 0 Å². The van der Waals surface area contributed by atoms with Gasteiger partial charge in [0.05, 0.1) is 5.38 Å². The van der Waals surface area contributed by atoms with E-state index in [-0.39, 0.29) is 11.3 Å². The molecule has 1 aliphatic rings. The van der Waals surface area contributed by atoms with Gasteiger partial charge in [0.25, 0.3) is 0 Å². The monoisotopic (exact) mass is 319 g/mol. The van der Waals surface area contributed by atoms with E-state index in [0.717, 1.165) is 24.1 Å². The molecular formula is C17H18ClNOS. The van der Waals surface area contributed by atoms with Crippen molar-refractivity contribution in [3.05, 3.63) is 51.2 Å². The van der Waals surface area contributed by atoms with Crippen molar-refractivity contribution in [2.75, 3.05) is 11.9 Å². The van der Waals surface area contributed by atoms with Crippen molar-refractivity contribution in [2.24, 2.45) is 0 Å². The number of hydrogen-bond acceptors (Lipinski definition) is 2. The SMILES string of the molecule is CCc1ccsc1C(Cl)c1ccc2c(c1)CCC(=O)N2C. The fourth-order valence-corrected chi connectivity index (χ4v) is 4.28. The van der Waals surface area contributed by atoms with Crippen LogP contribution >= 0.6 is 22.9 Å². The molecule has 0 saturated carbocycles. The molecular weight excluding hydrogens is 302 g/mol. The van der Waals surface area contributed by atoms with E-state index in [1.54, 1.807) is 16.2 Å². The molecule has 0 saturated heterocycles. The highest BCUT2D eigenvalue weighted by Gasteiger charge is 2.23. The minimum Gasteiger partial charge on any atom is -0.315 e. The Hall–Kier alpha value is -1.32. The van der Waals surface area contributed by atoms with Gasteiger partial charge in [-0.25, -0.2) is 0 Å². The Morgan fingerprint density at radius 1 is 1.33 bits per heavy atom. The van der Waals surface area contributed by atoms with Crippen LogP contribution in [0.5, 0.6) is 0 Å². The summed E-state index contributed by atoms with van der Waals surface area (Å²) in [6.45, 7) is 2.16. The number of halogens is 1. The summed E-state index contributed by atoms with van der Waals surface area (Å²) in [5.74, 6) is 0.184. The zero-order valence-electron chi connectivity index (χ0n) is 12.2. The van der Waals surface area contributed by atoms with Gasteiger partial charge in [-0.15, -0.1) is 22.9 Å². The quantitative estimate of drug-likeness (QED) is 0.760. The number of nitrogens with zero attached hydrogens (tertiary/aromatic N) is 1. The van der Waals surface area contributed by atoms with Crippen molar-refractivity contribution in [3.8, 4) is 0 Å². The average Bonchev–Trinajstić information content (AvgIpc) is 2.98. The molecule has 1 aromatic heterocycles. The second-order valence-corrected chi connectivity index (χ2v) is 6.75. The summed E-state index contributed by atoms with van der Waals surface area (Å²) in [6.07, 6.45) is 2.39. The van der Waals surface area contributed by atoms with Crippen LogP contribution in [0, 0.1) is 0 Å². The smallest absolute Gasteiger partial charge is 0.227 e. The van der Waals surface area contributed by atoms with Crippen LogP contribution < -0.4 is 4.90 Å². The van der Waals surface area contributed by atoms with Gasteiger partial charge < -0.3 is 4.90 Å². The lowest BCUT2D eigenvalue weighted by Gasteiger charge is -2.26. The minimum absolute atomic E-state index is 0.104. The average molecular weight is 320 g/mol. The van der Waals surface area contributed by atoms with E-state index in [1.807, 2.05) is 19.2 Å². The molecule has 1 aliphatic heterocycles. The first-order valence-corrected chi connectivity index (χ1v) is 8.53. The van der Waals surface area contributed by atoms with Crippen LogP contribution in [-0.2, 0) is 17.6 Å². The summed E-state index contributed by atoms with van der Waals surface area (Å²) >= 11 is 8.41. The zero-order valence-corrected chi connectivity index (χ0v) is 13.8. The van der Waals surface area contributed by atoms with E-state index in [1.165, 1.54) is 16.0 Å². The number of benzene rings is 1. The normalized spacial score (nSPS) is 16.0. The molecule has 21 heavy (non-hydrogen) atoms. The van der Waals surface area contributed by atoms with Crippen molar-refractivity contribution in [1.29, 1.82) is 0 Å². The Kier molecular flexibility index (Phi) is 4.05. The van der Waals surface area contributed by atoms with Crippen LogP contribution in [0.25, 0.3) is 0 Å². The van der Waals surface area contributed by atoms with E-state index in [4.69, 9.17) is 11.6 Å². The second-order valence-electron chi connectivity index (χ2n) is 5.37. The second kappa shape index (κ2) is 5.82. The van der Waals surface area contributed by atoms with E-state index < -0.39 is 0 Å². The maximum atomic E-state index is 11.7. The number of amides is 1. The van der Waals surface area contributed by atoms with Crippen LogP contribution in [0.2, 0.25) is 0 Å². The molecule has 0 fully saturated rings. The molecule has 2 aromatic rings. The predicted octanol–water partition coefficient (Wildman–Crippen LogP) is 4.55. The molecule has 2 nitrogen and oxygen atoms in total. The molecule has 1 unspecified atom stereocenters. The summed E-state index contributed by atoms with van der Waals surface area (Å²) in [5, 5.41) is 2.00. The molecule has 0 radical (unpaired) electrons. The standard InChI is InChI=1S/C17H18ClNOS/c1-3-11-8-9-21-17(11)16(18)13-4-6-14-12(10-13)5-7-15(20)19(14)2/h4,6,8-10,16H,3,5,7H2,1-2H3. The van der Waals surface area contributed by atoms with Crippen molar-refractivity contribution < 1.29 is 4.79 Å². The molecule has 1 amide bonds. The number of aryl methyl sites for hydroxylation is 2. The van der Waals surface area contributed by atoms with Crippen LogP contribution in [0.4, 0.5) is 5.69 Å². The maximum Gasteiger partial charge on any atom is 0.227 e. The minimum atomic E-state index is -0.104. The summed E-state index contributed by atoms with van der Waals surface area (Å²) in [4.78, 5) is 14.7. The summed E-state index contributed by atoms with van der Waals surface area (Å²) in [7, 11) is 1.84. The Bertz CT molecular complexity index is 679. The summed E-state index contributed by atoms with van der Waals surface area (Å²) in [5.41, 5.74) is 4.68. The van der Waals surface area contributed by atoms with E-state index in [9.17, 15) is 4.79 Å². The number of alkyl halides is 1. The van der Waals surface area contributed by atoms with Crippen molar-refractivity contribution in [2.45, 2.75) is 31.6 Å². The van der Waals surface area contributed by atoms with E-state index in [0.29, 0.717) is 6.42 Å². The predicted molar refractivity (Wildman–Crippen MR) is 89.6 cm³/mol. The molecule has 1 atom stereocenters. The third-order valence-corrected chi connectivity index (χ3v) is 5.76. The van der Waals surface area contributed by atoms with Gasteiger partial charge in [0.1, 0.15) is 0 Å². The number of fused-ring (bicyclic) bond motifs is 1. The van der Waals surface area contributed by atoms with Crippen molar-refractivity contribution in [3.63, 3.8) is 0 Å². The molecule has 1 aromatic carbocycles. The van der Waals surface area contributed by atoms with Gasteiger partial charge >= 0.3 is 0 Å². The van der Waals surface area contributed by atoms with E-state index in [2.05, 4.69) is 24.4 Å². The fraction of sp³-hybridized carbons (Fsp3) is 0.353. The van der Waals surface area contributed by atoms with Crippen LogP contribution in [0.1, 0.15) is 40.3 Å². The number of rotatable bonds is 3. The number of anilines is 1. The lowest BCUT2D eigenvalue weighted by Crippen LogP contribution is -2.31. The highest BCUT2D eigenvalue weighted by atomic mass is 35.5. The van der Waals surface area contributed by atoms with Gasteiger partial charge in [-0.2, -0.15) is 0 Å². The zero-order chi connectivity index (χ0) is 15.0. The number of carbonyl (C=O) groups is 1. The van der Waals surface area contributed by atoms with E-state index >= 15 is 0 Å². The Morgan fingerprint density at radius 3 is 2.90 bits per heavy atom. The Labute approximate surface area is 134 Å². The van der Waals surface area contributed by atoms with Gasteiger partial charge in [-0.3, -0.25) is 4.79 Å². The van der Waals surface area contributed by atoms with Gasteiger partial charge in [-0.05, 0) is 47.0 Å². The molecule has 0 N–H and O–H groups in total. The van der Waals surface area contributed by atoms with Crippen molar-refractivity contribution in [1.82, 2.24) is 0 Å². The topological polar surface area (TPSA) is 20.3 Å². The first-order valence-electron chi connectivity index (χ1n) is 7.21. The molecule has 110 valence electrons. The number of hydrogen-bond donors (Lipinski definition) is 0. The molecule has 0 aliphatic carbocycles.